The molecule has 41 heavy (non-hydrogen) atoms. The Morgan fingerprint density at radius 1 is 0.512 bits per heavy atom. The standard InChI is InChI=1S/C34H30N4O3/c35-28-9-1-22(2-10-28)17-24-5-13-30(14-6-24)37-33(40)26-19-27(21-32(39)20-26)34(41)38-31-15-7-25(8-16-31)18-23-3-11-29(36)12-4-23/h1-16,19-21,39H,17-18,35-36H2,(H,37,40)(H,38,41). The van der Waals surface area contributed by atoms with Crippen LogP contribution in [0.3, 0.4) is 0 Å². The molecule has 0 aliphatic carbocycles. The zero-order chi connectivity index (χ0) is 28.8. The van der Waals surface area contributed by atoms with Crippen LogP contribution < -0.4 is 22.1 Å². The van der Waals surface area contributed by atoms with Gasteiger partial charge in [0.1, 0.15) is 5.75 Å². The van der Waals surface area contributed by atoms with Gasteiger partial charge in [-0.1, -0.05) is 48.5 Å². The fraction of sp³-hybridized carbons (Fsp3) is 0.0588. The van der Waals surface area contributed by atoms with E-state index >= 15 is 0 Å². The molecule has 204 valence electrons. The van der Waals surface area contributed by atoms with Gasteiger partial charge in [0.15, 0.2) is 0 Å². The molecule has 0 atom stereocenters. The Bertz CT molecular complexity index is 1540. The van der Waals surface area contributed by atoms with Crippen molar-refractivity contribution in [3.63, 3.8) is 0 Å². The van der Waals surface area contributed by atoms with Crippen molar-refractivity contribution in [3.8, 4) is 5.75 Å². The summed E-state index contributed by atoms with van der Waals surface area (Å²) in [6.45, 7) is 0. The van der Waals surface area contributed by atoms with Crippen LogP contribution >= 0.6 is 0 Å². The topological polar surface area (TPSA) is 130 Å². The number of amides is 2. The molecule has 0 fully saturated rings. The summed E-state index contributed by atoms with van der Waals surface area (Å²) in [5.41, 5.74) is 18.9. The largest absolute Gasteiger partial charge is 0.508 e. The fourth-order valence-corrected chi connectivity index (χ4v) is 4.43. The van der Waals surface area contributed by atoms with Gasteiger partial charge in [0.25, 0.3) is 11.8 Å². The molecule has 0 heterocycles. The maximum Gasteiger partial charge on any atom is 0.255 e. The summed E-state index contributed by atoms with van der Waals surface area (Å²) in [6, 6.07) is 34.5. The van der Waals surface area contributed by atoms with E-state index in [1.54, 1.807) is 0 Å². The number of nitrogens with two attached hydrogens (primary N) is 2. The van der Waals surface area contributed by atoms with E-state index in [1.807, 2.05) is 97.1 Å². The zero-order valence-electron chi connectivity index (χ0n) is 22.3. The van der Waals surface area contributed by atoms with Gasteiger partial charge < -0.3 is 27.2 Å². The lowest BCUT2D eigenvalue weighted by molar-refractivity contribution is 0.102. The minimum absolute atomic E-state index is 0.167. The van der Waals surface area contributed by atoms with Crippen molar-refractivity contribution >= 4 is 34.6 Å². The summed E-state index contributed by atoms with van der Waals surface area (Å²) in [5, 5.41) is 15.9. The summed E-state index contributed by atoms with van der Waals surface area (Å²) in [5.74, 6) is -1.05. The Morgan fingerprint density at radius 2 is 0.829 bits per heavy atom. The molecule has 5 rings (SSSR count). The van der Waals surface area contributed by atoms with Crippen LogP contribution in [-0.4, -0.2) is 16.9 Å². The number of nitrogens with one attached hydrogen (secondary N) is 2. The van der Waals surface area contributed by atoms with Crippen LogP contribution in [0.1, 0.15) is 43.0 Å². The smallest absolute Gasteiger partial charge is 0.255 e. The Balaban J connectivity index is 1.20. The van der Waals surface area contributed by atoms with Crippen LogP contribution in [0.25, 0.3) is 0 Å². The van der Waals surface area contributed by atoms with E-state index in [2.05, 4.69) is 10.6 Å². The van der Waals surface area contributed by atoms with E-state index in [9.17, 15) is 14.7 Å². The third-order valence-electron chi connectivity index (χ3n) is 6.64. The Morgan fingerprint density at radius 3 is 1.17 bits per heavy atom. The number of anilines is 4. The number of carbonyl (C=O) groups excluding carboxylic acids is 2. The molecule has 0 bridgehead atoms. The molecule has 0 saturated carbocycles. The van der Waals surface area contributed by atoms with Gasteiger partial charge in [-0.2, -0.15) is 0 Å². The normalized spacial score (nSPS) is 10.6. The Kier molecular flexibility index (Phi) is 7.97. The van der Waals surface area contributed by atoms with Crippen molar-refractivity contribution in [3.05, 3.63) is 149 Å². The van der Waals surface area contributed by atoms with Crippen molar-refractivity contribution in [2.24, 2.45) is 0 Å². The molecule has 0 saturated heterocycles. The highest BCUT2D eigenvalue weighted by atomic mass is 16.3. The molecule has 0 radical (unpaired) electrons. The zero-order valence-corrected chi connectivity index (χ0v) is 22.3. The summed E-state index contributed by atoms with van der Waals surface area (Å²) in [6.07, 6.45) is 1.48. The van der Waals surface area contributed by atoms with Crippen LogP contribution in [0.4, 0.5) is 22.7 Å². The van der Waals surface area contributed by atoms with E-state index in [4.69, 9.17) is 11.5 Å². The van der Waals surface area contributed by atoms with Crippen LogP contribution in [0.15, 0.2) is 115 Å². The predicted octanol–water partition coefficient (Wildman–Crippen LogP) is 6.24. The van der Waals surface area contributed by atoms with E-state index < -0.39 is 11.8 Å². The quantitative estimate of drug-likeness (QED) is 0.148. The molecular weight excluding hydrogens is 512 g/mol. The van der Waals surface area contributed by atoms with Gasteiger partial charge in [-0.15, -0.1) is 0 Å². The van der Waals surface area contributed by atoms with Gasteiger partial charge in [0.2, 0.25) is 0 Å². The van der Waals surface area contributed by atoms with Crippen molar-refractivity contribution in [1.29, 1.82) is 0 Å². The number of aromatic hydroxyl groups is 1. The first-order valence-corrected chi connectivity index (χ1v) is 13.1. The molecule has 7 N–H and O–H groups in total. The molecule has 0 aliphatic rings. The average molecular weight is 543 g/mol. The van der Waals surface area contributed by atoms with Gasteiger partial charge in [-0.05, 0) is 102 Å². The van der Waals surface area contributed by atoms with Gasteiger partial charge in [0, 0.05) is 33.9 Å². The molecule has 0 aliphatic heterocycles. The van der Waals surface area contributed by atoms with Gasteiger partial charge in [-0.25, -0.2) is 0 Å². The lowest BCUT2D eigenvalue weighted by atomic mass is 10.0. The third kappa shape index (κ3) is 7.30. The first kappa shape index (κ1) is 27.0. The molecule has 0 unspecified atom stereocenters. The molecule has 2 amide bonds. The second-order valence-electron chi connectivity index (χ2n) is 9.91. The number of nitrogen functional groups attached to an aromatic ring is 2. The van der Waals surface area contributed by atoms with Gasteiger partial charge in [-0.3, -0.25) is 9.59 Å². The highest BCUT2D eigenvalue weighted by Gasteiger charge is 2.14. The van der Waals surface area contributed by atoms with E-state index in [0.29, 0.717) is 11.4 Å². The number of phenolic OH excluding ortho intramolecular Hbond substituents is 1. The van der Waals surface area contributed by atoms with E-state index in [1.165, 1.54) is 18.2 Å². The van der Waals surface area contributed by atoms with Crippen LogP contribution in [-0.2, 0) is 12.8 Å². The molecule has 7 heteroatoms. The summed E-state index contributed by atoms with van der Waals surface area (Å²) in [4.78, 5) is 25.9. The SMILES string of the molecule is Nc1ccc(Cc2ccc(NC(=O)c3cc(O)cc(C(=O)Nc4ccc(Cc5ccc(N)cc5)cc4)c3)cc2)cc1. The minimum Gasteiger partial charge on any atom is -0.508 e. The highest BCUT2D eigenvalue weighted by Crippen LogP contribution is 2.21. The summed E-state index contributed by atoms with van der Waals surface area (Å²) >= 11 is 0. The van der Waals surface area contributed by atoms with E-state index in [0.717, 1.165) is 46.5 Å². The number of rotatable bonds is 8. The Labute approximate surface area is 238 Å². The van der Waals surface area contributed by atoms with Crippen molar-refractivity contribution in [2.75, 3.05) is 22.1 Å². The van der Waals surface area contributed by atoms with Crippen LogP contribution in [0, 0.1) is 0 Å². The predicted molar refractivity (Wildman–Crippen MR) is 164 cm³/mol. The average Bonchev–Trinajstić information content (AvgIpc) is 2.97. The number of hydrogen-bond donors (Lipinski definition) is 5. The summed E-state index contributed by atoms with van der Waals surface area (Å²) in [7, 11) is 0. The second-order valence-corrected chi connectivity index (χ2v) is 9.91. The van der Waals surface area contributed by atoms with E-state index in [-0.39, 0.29) is 16.9 Å². The van der Waals surface area contributed by atoms with Crippen molar-refractivity contribution < 1.29 is 14.7 Å². The molecule has 0 spiro atoms. The number of phenols is 1. The molecular formula is C34H30N4O3. The van der Waals surface area contributed by atoms with Crippen molar-refractivity contribution in [1.82, 2.24) is 0 Å². The maximum absolute atomic E-state index is 12.9. The van der Waals surface area contributed by atoms with Crippen LogP contribution in [0.2, 0.25) is 0 Å². The minimum atomic E-state index is -0.437. The lowest BCUT2D eigenvalue weighted by Crippen LogP contribution is -2.15. The second kappa shape index (κ2) is 12.1. The Hall–Kier alpha value is -5.56. The third-order valence-corrected chi connectivity index (χ3v) is 6.64. The van der Waals surface area contributed by atoms with Crippen molar-refractivity contribution in [2.45, 2.75) is 12.8 Å². The lowest BCUT2D eigenvalue weighted by Gasteiger charge is -2.10. The number of carbonyl (C=O) groups is 2. The number of hydrogen-bond acceptors (Lipinski definition) is 5. The number of benzene rings is 5. The molecule has 0 aromatic heterocycles. The monoisotopic (exact) mass is 542 g/mol. The maximum atomic E-state index is 12.9. The van der Waals surface area contributed by atoms with Gasteiger partial charge in [0.05, 0.1) is 0 Å². The first-order valence-electron chi connectivity index (χ1n) is 13.1. The highest BCUT2D eigenvalue weighted by molar-refractivity contribution is 6.09. The fourth-order valence-electron chi connectivity index (χ4n) is 4.43. The molecule has 7 nitrogen and oxygen atoms in total. The molecule has 5 aromatic carbocycles. The molecule has 5 aromatic rings. The van der Waals surface area contributed by atoms with Crippen LogP contribution in [0.5, 0.6) is 5.75 Å². The van der Waals surface area contributed by atoms with Gasteiger partial charge >= 0.3 is 0 Å². The first-order chi connectivity index (χ1) is 19.8. The summed E-state index contributed by atoms with van der Waals surface area (Å²) < 4.78 is 0.